The van der Waals surface area contributed by atoms with E-state index in [1.807, 2.05) is 54.6 Å². The fraction of sp³-hybridized carbons (Fsp3) is 0.250. The van der Waals surface area contributed by atoms with Crippen molar-refractivity contribution in [1.82, 2.24) is 0 Å². The highest BCUT2D eigenvalue weighted by Gasteiger charge is 2.12. The zero-order valence-corrected chi connectivity index (χ0v) is 17.1. The second kappa shape index (κ2) is 11.4. The van der Waals surface area contributed by atoms with Gasteiger partial charge < -0.3 is 14.2 Å². The molecule has 0 aliphatic heterocycles. The Labute approximate surface area is 172 Å². The first-order chi connectivity index (χ1) is 14.2. The maximum absolute atomic E-state index is 9.78. The van der Waals surface area contributed by atoms with Gasteiger partial charge in [0.25, 0.3) is 0 Å². The van der Waals surface area contributed by atoms with Gasteiger partial charge in [-0.25, -0.2) is 0 Å². The maximum Gasteiger partial charge on any atom is 0.161 e. The molecule has 0 saturated heterocycles. The third kappa shape index (κ3) is 5.98. The van der Waals surface area contributed by atoms with Crippen LogP contribution in [0.15, 0.2) is 60.1 Å². The van der Waals surface area contributed by atoms with Crippen LogP contribution < -0.4 is 14.2 Å². The predicted octanol–water partition coefficient (Wildman–Crippen LogP) is 5.18. The molecule has 0 atom stereocenters. The molecule has 0 unspecified atom stereocenters. The molecule has 0 bridgehead atoms. The lowest BCUT2D eigenvalue weighted by Crippen LogP contribution is -2.02. The van der Waals surface area contributed by atoms with E-state index in [1.165, 1.54) is 0 Å². The van der Waals surface area contributed by atoms with Crippen molar-refractivity contribution in [2.24, 2.45) is 4.99 Å². The van der Waals surface area contributed by atoms with Crippen LogP contribution in [0.5, 0.6) is 17.2 Å². The third-order valence-electron chi connectivity index (χ3n) is 4.30. The number of methoxy groups -OCH3 is 3. The van der Waals surface area contributed by atoms with Gasteiger partial charge in [0.2, 0.25) is 0 Å². The smallest absolute Gasteiger partial charge is 0.161 e. The van der Waals surface area contributed by atoms with Crippen molar-refractivity contribution in [2.75, 3.05) is 27.9 Å². The lowest BCUT2D eigenvalue weighted by Gasteiger charge is -2.11. The summed E-state index contributed by atoms with van der Waals surface area (Å²) in [5, 5.41) is 9.78. The van der Waals surface area contributed by atoms with Crippen LogP contribution in [0.1, 0.15) is 24.0 Å². The van der Waals surface area contributed by atoms with E-state index >= 15 is 0 Å². The van der Waals surface area contributed by atoms with Crippen molar-refractivity contribution in [3.8, 4) is 23.3 Å². The monoisotopic (exact) mass is 390 g/mol. The number of nitrogens with zero attached hydrogens (tertiary/aromatic N) is 2. The van der Waals surface area contributed by atoms with Crippen LogP contribution in [0.4, 0.5) is 0 Å². The molecular weight excluding hydrogens is 364 g/mol. The first kappa shape index (κ1) is 21.8. The van der Waals surface area contributed by atoms with Crippen molar-refractivity contribution in [3.63, 3.8) is 0 Å². The van der Waals surface area contributed by atoms with Gasteiger partial charge in [-0.15, -0.1) is 6.58 Å². The van der Waals surface area contributed by atoms with E-state index in [0.717, 1.165) is 29.5 Å². The highest BCUT2D eigenvalue weighted by Crippen LogP contribution is 2.30. The maximum atomic E-state index is 9.78. The third-order valence-corrected chi connectivity index (χ3v) is 4.30. The first-order valence-electron chi connectivity index (χ1n) is 9.30. The molecule has 0 saturated carbocycles. The van der Waals surface area contributed by atoms with Crippen LogP contribution in [0, 0.1) is 11.3 Å². The lowest BCUT2D eigenvalue weighted by molar-refractivity contribution is 0.355. The number of ether oxygens (including phenoxy) is 3. The normalized spacial score (nSPS) is 11.5. The van der Waals surface area contributed by atoms with Crippen LogP contribution in [0.25, 0.3) is 11.6 Å². The molecule has 0 heterocycles. The molecule has 29 heavy (non-hydrogen) atoms. The Hall–Kier alpha value is -3.52. The first-order valence-corrected chi connectivity index (χ1v) is 9.30. The number of allylic oxidation sites excluding steroid dienone is 2. The van der Waals surface area contributed by atoms with Crippen LogP contribution in [-0.2, 0) is 0 Å². The van der Waals surface area contributed by atoms with Gasteiger partial charge in [0.05, 0.1) is 21.3 Å². The number of unbranched alkanes of at least 4 members (excludes halogenated alkanes) is 1. The highest BCUT2D eigenvalue weighted by atomic mass is 16.5. The summed E-state index contributed by atoms with van der Waals surface area (Å²) in [5.41, 5.74) is 2.81. The second-order valence-corrected chi connectivity index (χ2v) is 6.18. The Kier molecular flexibility index (Phi) is 8.52. The molecule has 0 aromatic heterocycles. The van der Waals surface area contributed by atoms with Gasteiger partial charge in [0.1, 0.15) is 17.5 Å². The fourth-order valence-electron chi connectivity index (χ4n) is 2.80. The van der Waals surface area contributed by atoms with Gasteiger partial charge in [-0.1, -0.05) is 24.3 Å². The number of hydrogen-bond acceptors (Lipinski definition) is 5. The van der Waals surface area contributed by atoms with E-state index in [2.05, 4.69) is 17.6 Å². The summed E-state index contributed by atoms with van der Waals surface area (Å²) in [5.74, 6) is 1.98. The summed E-state index contributed by atoms with van der Waals surface area (Å²) in [6.45, 7) is 4.28. The van der Waals surface area contributed by atoms with Gasteiger partial charge in [0, 0.05) is 12.1 Å². The van der Waals surface area contributed by atoms with E-state index in [4.69, 9.17) is 14.2 Å². The van der Waals surface area contributed by atoms with Gasteiger partial charge >= 0.3 is 0 Å². The summed E-state index contributed by atoms with van der Waals surface area (Å²) in [4.78, 5) is 4.53. The van der Waals surface area contributed by atoms with E-state index in [-0.39, 0.29) is 0 Å². The Morgan fingerprint density at radius 3 is 2.52 bits per heavy atom. The minimum absolute atomic E-state index is 0.372. The molecule has 150 valence electrons. The summed E-state index contributed by atoms with van der Waals surface area (Å²) in [7, 11) is 4.81. The molecule has 0 spiro atoms. The zero-order valence-electron chi connectivity index (χ0n) is 17.1. The van der Waals surface area contributed by atoms with E-state index < -0.39 is 0 Å². The van der Waals surface area contributed by atoms with Crippen LogP contribution in [-0.4, -0.2) is 33.6 Å². The molecule has 2 aromatic rings. The molecular formula is C24H26N2O3. The molecule has 5 nitrogen and oxygen atoms in total. The van der Waals surface area contributed by atoms with Crippen molar-refractivity contribution in [1.29, 1.82) is 5.26 Å². The molecule has 0 radical (unpaired) electrons. The Morgan fingerprint density at radius 1 is 1.07 bits per heavy atom. The summed E-state index contributed by atoms with van der Waals surface area (Å²) in [6, 6.07) is 15.4. The standard InChI is InChI=1S/C24H26N2O3/c1-5-6-7-13-26-22(17-25)21(19-9-8-10-20(16-19)27-2)14-18-11-12-23(28-3)24(15-18)29-4/h5,8-12,14-16H,1,6-7,13H2,2-4H3/b21-14+,26-22-. The van der Waals surface area contributed by atoms with E-state index in [0.29, 0.717) is 29.5 Å². The molecule has 0 fully saturated rings. The van der Waals surface area contributed by atoms with E-state index in [1.54, 1.807) is 21.3 Å². The summed E-state index contributed by atoms with van der Waals surface area (Å²) >= 11 is 0. The number of hydrogen-bond donors (Lipinski definition) is 0. The SMILES string of the molecule is C=CCCC/N=C(C#N)\C(=C\c1ccc(OC)c(OC)c1)c1cccc(OC)c1. The van der Waals surface area contributed by atoms with Gasteiger partial charge in [-0.2, -0.15) is 5.26 Å². The van der Waals surface area contributed by atoms with E-state index in [9.17, 15) is 5.26 Å². The van der Waals surface area contributed by atoms with Crippen LogP contribution in [0.3, 0.4) is 0 Å². The Bertz CT molecular complexity index is 939. The summed E-state index contributed by atoms with van der Waals surface area (Å²) in [6.07, 6.45) is 5.48. The largest absolute Gasteiger partial charge is 0.497 e. The topological polar surface area (TPSA) is 63.8 Å². The highest BCUT2D eigenvalue weighted by molar-refractivity contribution is 6.34. The lowest BCUT2D eigenvalue weighted by atomic mass is 9.98. The second-order valence-electron chi connectivity index (χ2n) is 6.18. The minimum Gasteiger partial charge on any atom is -0.497 e. The predicted molar refractivity (Wildman–Crippen MR) is 118 cm³/mol. The quantitative estimate of drug-likeness (QED) is 0.243. The number of nitriles is 1. The van der Waals surface area contributed by atoms with Crippen LogP contribution >= 0.6 is 0 Å². The molecule has 0 amide bonds. The molecule has 2 aromatic carbocycles. The number of benzene rings is 2. The molecule has 0 aliphatic carbocycles. The van der Waals surface area contributed by atoms with Gasteiger partial charge in [-0.05, 0) is 54.3 Å². The molecule has 2 rings (SSSR count). The van der Waals surface area contributed by atoms with Crippen molar-refractivity contribution in [2.45, 2.75) is 12.8 Å². The summed E-state index contributed by atoms with van der Waals surface area (Å²) < 4.78 is 16.1. The van der Waals surface area contributed by atoms with Gasteiger partial charge in [0.15, 0.2) is 11.5 Å². The van der Waals surface area contributed by atoms with Crippen molar-refractivity contribution >= 4 is 17.4 Å². The van der Waals surface area contributed by atoms with Crippen LogP contribution in [0.2, 0.25) is 0 Å². The fourth-order valence-corrected chi connectivity index (χ4v) is 2.80. The average molecular weight is 390 g/mol. The zero-order chi connectivity index (χ0) is 21.1. The average Bonchev–Trinajstić information content (AvgIpc) is 2.77. The molecule has 0 N–H and O–H groups in total. The van der Waals surface area contributed by atoms with Crippen molar-refractivity contribution in [3.05, 3.63) is 66.2 Å². The minimum atomic E-state index is 0.372. The Balaban J connectivity index is 2.55. The number of aliphatic imine (C=N–C) groups is 1. The Morgan fingerprint density at radius 2 is 1.86 bits per heavy atom. The van der Waals surface area contributed by atoms with Gasteiger partial charge in [-0.3, -0.25) is 4.99 Å². The number of rotatable bonds is 10. The molecule has 5 heteroatoms. The molecule has 0 aliphatic rings. The van der Waals surface area contributed by atoms with Crippen molar-refractivity contribution < 1.29 is 14.2 Å².